The third-order valence-electron chi connectivity index (χ3n) is 3.17. The highest BCUT2D eigenvalue weighted by Crippen LogP contribution is 2.27. The minimum atomic E-state index is -3.38. The smallest absolute Gasteiger partial charge is 0.308 e. The van der Waals surface area contributed by atoms with Crippen molar-refractivity contribution in [3.8, 4) is 0 Å². The number of anilines is 2. The van der Waals surface area contributed by atoms with Gasteiger partial charge in [-0.25, -0.2) is 22.0 Å². The maximum atomic E-state index is 13.1. The fourth-order valence-electron chi connectivity index (χ4n) is 1.94. The summed E-state index contributed by atoms with van der Waals surface area (Å²) in [6.45, 7) is 0.789. The van der Waals surface area contributed by atoms with Crippen LogP contribution < -0.4 is 10.6 Å². The van der Waals surface area contributed by atoms with E-state index < -0.39 is 21.8 Å². The predicted octanol–water partition coefficient (Wildman–Crippen LogP) is 3.85. The number of alkyl halides is 2. The van der Waals surface area contributed by atoms with Gasteiger partial charge in [-0.15, -0.1) is 0 Å². The third kappa shape index (κ3) is 4.76. The van der Waals surface area contributed by atoms with Gasteiger partial charge in [0.2, 0.25) is 0 Å². The molecule has 5 nitrogen and oxygen atoms in total. The lowest BCUT2D eigenvalue weighted by Gasteiger charge is -2.12. The van der Waals surface area contributed by atoms with Gasteiger partial charge in [-0.05, 0) is 30.3 Å². The summed E-state index contributed by atoms with van der Waals surface area (Å²) in [5, 5.41) is 4.97. The van der Waals surface area contributed by atoms with E-state index in [1.165, 1.54) is 48.5 Å². The largest absolute Gasteiger partial charge is 0.323 e. The summed E-state index contributed by atoms with van der Waals surface area (Å²) >= 11 is 0. The van der Waals surface area contributed by atoms with Gasteiger partial charge in [-0.2, -0.15) is 0 Å². The molecule has 0 saturated heterocycles. The highest BCUT2D eigenvalue weighted by atomic mass is 32.2. The minimum absolute atomic E-state index is 0.0785. The molecule has 0 radical (unpaired) electrons. The first-order chi connectivity index (χ1) is 11.1. The average molecular weight is 354 g/mol. The number of carbonyl (C=O) groups is 1. The van der Waals surface area contributed by atoms with E-state index in [9.17, 15) is 22.0 Å². The SMILES string of the molecule is CC(F)(F)c1ccc(NC(=O)Nc2cccc(S(C)(=O)=O)c2)cc1. The molecule has 0 aliphatic carbocycles. The molecule has 0 saturated carbocycles. The first-order valence-corrected chi connectivity index (χ1v) is 8.81. The molecular formula is C16H16F2N2O3S. The number of amides is 2. The van der Waals surface area contributed by atoms with Crippen molar-refractivity contribution in [2.45, 2.75) is 17.7 Å². The number of benzene rings is 2. The fraction of sp³-hybridized carbons (Fsp3) is 0.188. The number of carbonyl (C=O) groups excluding carboxylic acids is 1. The van der Waals surface area contributed by atoms with E-state index in [2.05, 4.69) is 10.6 Å². The normalized spacial score (nSPS) is 11.8. The Labute approximate surface area is 138 Å². The molecule has 0 spiro atoms. The van der Waals surface area contributed by atoms with Gasteiger partial charge in [0.05, 0.1) is 4.90 Å². The van der Waals surface area contributed by atoms with Crippen molar-refractivity contribution < 1.29 is 22.0 Å². The summed E-state index contributed by atoms with van der Waals surface area (Å²) in [6.07, 6.45) is 1.07. The zero-order valence-electron chi connectivity index (χ0n) is 13.0. The highest BCUT2D eigenvalue weighted by molar-refractivity contribution is 7.90. The Bertz CT molecular complexity index is 844. The molecule has 0 heterocycles. The molecule has 0 aliphatic heterocycles. The van der Waals surface area contributed by atoms with Gasteiger partial charge in [0, 0.05) is 30.1 Å². The quantitative estimate of drug-likeness (QED) is 0.876. The van der Waals surface area contributed by atoms with Crippen molar-refractivity contribution in [3.05, 3.63) is 54.1 Å². The second-order valence-electron chi connectivity index (χ2n) is 5.34. The van der Waals surface area contributed by atoms with Crippen LogP contribution >= 0.6 is 0 Å². The lowest BCUT2D eigenvalue weighted by Crippen LogP contribution is -2.19. The van der Waals surface area contributed by atoms with E-state index in [0.717, 1.165) is 13.2 Å². The first-order valence-electron chi connectivity index (χ1n) is 6.92. The first kappa shape index (κ1) is 17.9. The Morgan fingerprint density at radius 1 is 1.00 bits per heavy atom. The van der Waals surface area contributed by atoms with E-state index in [1.807, 2.05) is 0 Å². The van der Waals surface area contributed by atoms with Crippen LogP contribution in [-0.4, -0.2) is 20.7 Å². The number of sulfone groups is 1. The van der Waals surface area contributed by atoms with Gasteiger partial charge in [0.25, 0.3) is 5.92 Å². The molecule has 2 aromatic rings. The van der Waals surface area contributed by atoms with Crippen LogP contribution in [0.1, 0.15) is 12.5 Å². The molecule has 0 bridgehead atoms. The monoisotopic (exact) mass is 354 g/mol. The summed E-state index contributed by atoms with van der Waals surface area (Å²) in [5.41, 5.74) is 0.473. The summed E-state index contributed by atoms with van der Waals surface area (Å²) in [5.74, 6) is -2.95. The average Bonchev–Trinajstić information content (AvgIpc) is 2.46. The van der Waals surface area contributed by atoms with Crippen LogP contribution in [0.15, 0.2) is 53.4 Å². The van der Waals surface area contributed by atoms with Crippen molar-refractivity contribution in [1.82, 2.24) is 0 Å². The van der Waals surface area contributed by atoms with E-state index in [0.29, 0.717) is 11.4 Å². The standard InChI is InChI=1S/C16H16F2N2O3S/c1-16(17,18)11-6-8-12(9-7-11)19-15(21)20-13-4-3-5-14(10-13)24(2,22)23/h3-10H,1-2H3,(H2,19,20,21). The summed E-state index contributed by atoms with van der Waals surface area (Å²) < 4.78 is 49.2. The molecule has 24 heavy (non-hydrogen) atoms. The number of hydrogen-bond acceptors (Lipinski definition) is 3. The molecule has 2 aromatic carbocycles. The zero-order chi connectivity index (χ0) is 18.0. The van der Waals surface area contributed by atoms with Crippen LogP contribution in [-0.2, 0) is 15.8 Å². The van der Waals surface area contributed by atoms with Crippen LogP contribution in [0.25, 0.3) is 0 Å². The van der Waals surface area contributed by atoms with E-state index in [-0.39, 0.29) is 10.5 Å². The maximum Gasteiger partial charge on any atom is 0.323 e. The lowest BCUT2D eigenvalue weighted by molar-refractivity contribution is 0.0175. The number of rotatable bonds is 4. The van der Waals surface area contributed by atoms with Crippen LogP contribution in [0.2, 0.25) is 0 Å². The highest BCUT2D eigenvalue weighted by Gasteiger charge is 2.23. The molecule has 0 unspecified atom stereocenters. The molecule has 0 atom stereocenters. The van der Waals surface area contributed by atoms with E-state index in [1.54, 1.807) is 0 Å². The van der Waals surface area contributed by atoms with E-state index in [4.69, 9.17) is 0 Å². The molecule has 2 amide bonds. The van der Waals surface area contributed by atoms with Gasteiger partial charge in [0.15, 0.2) is 9.84 Å². The van der Waals surface area contributed by atoms with Crippen LogP contribution in [0.4, 0.5) is 25.0 Å². The summed E-state index contributed by atoms with van der Waals surface area (Å²) in [7, 11) is -3.38. The van der Waals surface area contributed by atoms with Gasteiger partial charge in [-0.1, -0.05) is 18.2 Å². The van der Waals surface area contributed by atoms with Gasteiger partial charge >= 0.3 is 6.03 Å². The molecule has 8 heteroatoms. The van der Waals surface area contributed by atoms with Gasteiger partial charge in [-0.3, -0.25) is 0 Å². The summed E-state index contributed by atoms with van der Waals surface area (Å²) in [6, 6.07) is 10.3. The Hall–Kier alpha value is -2.48. The zero-order valence-corrected chi connectivity index (χ0v) is 13.8. The second kappa shape index (κ2) is 6.56. The number of hydrogen-bond donors (Lipinski definition) is 2. The molecule has 2 rings (SSSR count). The van der Waals surface area contributed by atoms with E-state index >= 15 is 0 Å². The topological polar surface area (TPSA) is 75.3 Å². The second-order valence-corrected chi connectivity index (χ2v) is 7.36. The van der Waals surface area contributed by atoms with Crippen molar-refractivity contribution in [2.75, 3.05) is 16.9 Å². The molecule has 128 valence electrons. The molecule has 0 aromatic heterocycles. The Morgan fingerprint density at radius 3 is 2.12 bits per heavy atom. The number of urea groups is 1. The molecule has 2 N–H and O–H groups in total. The number of halogens is 2. The van der Waals surface area contributed by atoms with Gasteiger partial charge in [0.1, 0.15) is 0 Å². The van der Waals surface area contributed by atoms with Gasteiger partial charge < -0.3 is 10.6 Å². The van der Waals surface area contributed by atoms with Crippen molar-refractivity contribution in [2.24, 2.45) is 0 Å². The molecule has 0 fully saturated rings. The fourth-order valence-corrected chi connectivity index (χ4v) is 2.61. The Balaban J connectivity index is 2.06. The molecular weight excluding hydrogens is 338 g/mol. The van der Waals surface area contributed by atoms with Crippen LogP contribution in [0.3, 0.4) is 0 Å². The Morgan fingerprint density at radius 2 is 1.58 bits per heavy atom. The van der Waals surface area contributed by atoms with Crippen molar-refractivity contribution in [1.29, 1.82) is 0 Å². The minimum Gasteiger partial charge on any atom is -0.308 e. The Kier molecular flexibility index (Phi) is 4.88. The predicted molar refractivity (Wildman–Crippen MR) is 88.2 cm³/mol. The van der Waals surface area contributed by atoms with Crippen molar-refractivity contribution >= 4 is 27.2 Å². The maximum absolute atomic E-state index is 13.1. The van der Waals surface area contributed by atoms with Crippen LogP contribution in [0.5, 0.6) is 0 Å². The third-order valence-corrected chi connectivity index (χ3v) is 4.28. The molecule has 0 aliphatic rings. The van der Waals surface area contributed by atoms with Crippen molar-refractivity contribution in [3.63, 3.8) is 0 Å². The summed E-state index contributed by atoms with van der Waals surface area (Å²) in [4.78, 5) is 12.0. The number of nitrogens with one attached hydrogen (secondary N) is 2. The lowest BCUT2D eigenvalue weighted by atomic mass is 10.1. The van der Waals surface area contributed by atoms with Crippen LogP contribution in [0, 0.1) is 0 Å².